The number of hydrogen-bond acceptors (Lipinski definition) is 9. The third kappa shape index (κ3) is 31.9. The molecule has 3 N–H and O–H groups in total. The molecule has 0 aliphatic rings. The summed E-state index contributed by atoms with van der Waals surface area (Å²) in [6.07, 6.45) is 5.04. The fourth-order valence-electron chi connectivity index (χ4n) is 3.90. The lowest BCUT2D eigenvalue weighted by Crippen LogP contribution is -2.44. The highest BCUT2D eigenvalue weighted by Crippen LogP contribution is 2.20. The maximum atomic E-state index is 12.4. The minimum atomic E-state index is -0.451. The first kappa shape index (κ1) is 41.7. The van der Waals surface area contributed by atoms with Gasteiger partial charge in [-0.25, -0.2) is 0 Å². The Balaban J connectivity index is 3.56. The molecular formula is C32H65N3O8. The number of ether oxygens (including phenoxy) is 6. The summed E-state index contributed by atoms with van der Waals surface area (Å²) in [6.45, 7) is 20.7. The van der Waals surface area contributed by atoms with Crippen molar-refractivity contribution in [1.82, 2.24) is 16.0 Å². The van der Waals surface area contributed by atoms with Crippen LogP contribution in [0.5, 0.6) is 0 Å². The van der Waals surface area contributed by atoms with Crippen LogP contribution in [-0.2, 0) is 38.0 Å². The Kier molecular flexibility index (Phi) is 26.2. The van der Waals surface area contributed by atoms with E-state index < -0.39 is 6.04 Å². The van der Waals surface area contributed by atoms with E-state index in [-0.39, 0.29) is 18.2 Å². The molecular weight excluding hydrogens is 554 g/mol. The molecule has 0 fully saturated rings. The molecule has 0 saturated carbocycles. The Morgan fingerprint density at radius 3 is 1.33 bits per heavy atom. The molecule has 11 heteroatoms. The van der Waals surface area contributed by atoms with E-state index in [0.29, 0.717) is 96.4 Å². The number of nitrogens with one attached hydrogen (secondary N) is 3. The molecule has 0 bridgehead atoms. The minimum absolute atomic E-state index is 0.116. The van der Waals surface area contributed by atoms with Gasteiger partial charge in [0.25, 0.3) is 0 Å². The van der Waals surface area contributed by atoms with E-state index in [1.165, 1.54) is 0 Å². The molecule has 0 aromatic heterocycles. The van der Waals surface area contributed by atoms with Crippen molar-refractivity contribution in [3.05, 3.63) is 0 Å². The van der Waals surface area contributed by atoms with Crippen LogP contribution in [-0.4, -0.2) is 117 Å². The van der Waals surface area contributed by atoms with Crippen LogP contribution < -0.4 is 16.0 Å². The summed E-state index contributed by atoms with van der Waals surface area (Å²) >= 11 is 0. The van der Waals surface area contributed by atoms with Gasteiger partial charge in [-0.05, 0) is 50.0 Å². The van der Waals surface area contributed by atoms with Crippen molar-refractivity contribution < 1.29 is 38.0 Å². The monoisotopic (exact) mass is 619 g/mol. The lowest BCUT2D eigenvalue weighted by atomic mass is 9.91. The SMILES string of the molecule is CNC(CCC(=O)NCCOCCOCCOCCCC(C)(C)C)C(=O)NCCOCCOCCOCCCC(C)(C)C. The Morgan fingerprint density at radius 2 is 0.930 bits per heavy atom. The van der Waals surface area contributed by atoms with Gasteiger partial charge in [-0.2, -0.15) is 0 Å². The van der Waals surface area contributed by atoms with E-state index in [2.05, 4.69) is 57.5 Å². The Bertz CT molecular complexity index is 668. The molecule has 0 aliphatic carbocycles. The first-order valence-electron chi connectivity index (χ1n) is 16.1. The van der Waals surface area contributed by atoms with E-state index >= 15 is 0 Å². The summed E-state index contributed by atoms with van der Waals surface area (Å²) in [5, 5.41) is 8.62. The predicted molar refractivity (Wildman–Crippen MR) is 170 cm³/mol. The van der Waals surface area contributed by atoms with Gasteiger partial charge in [-0.1, -0.05) is 41.5 Å². The van der Waals surface area contributed by atoms with Crippen LogP contribution in [0.1, 0.15) is 80.1 Å². The molecule has 1 atom stereocenters. The van der Waals surface area contributed by atoms with Gasteiger partial charge < -0.3 is 44.4 Å². The lowest BCUT2D eigenvalue weighted by Gasteiger charge is -2.17. The highest BCUT2D eigenvalue weighted by atomic mass is 16.5. The Labute approximate surface area is 262 Å². The standard InChI is InChI=1S/C32H65N3O8/c1-31(2,3)12-8-16-38-20-24-42-26-22-40-18-14-34-29(36)11-10-28(33-7)30(37)35-15-19-41-23-27-43-25-21-39-17-9-13-32(4,5)6/h28,33H,8-27H2,1-7H3,(H,34,36)(H,35,37). The molecule has 0 spiro atoms. The molecule has 0 heterocycles. The number of likely N-dealkylation sites (N-methyl/N-ethyl adjacent to an activating group) is 1. The van der Waals surface area contributed by atoms with Crippen LogP contribution in [0.25, 0.3) is 0 Å². The van der Waals surface area contributed by atoms with Crippen LogP contribution in [0.4, 0.5) is 0 Å². The molecule has 0 radical (unpaired) electrons. The molecule has 0 rings (SSSR count). The maximum absolute atomic E-state index is 12.4. The predicted octanol–water partition coefficient (Wildman–Crippen LogP) is 3.34. The summed E-state index contributed by atoms with van der Waals surface area (Å²) in [4.78, 5) is 24.5. The average molecular weight is 620 g/mol. The molecule has 2 amide bonds. The molecule has 1 unspecified atom stereocenters. The smallest absolute Gasteiger partial charge is 0.237 e. The van der Waals surface area contributed by atoms with Crippen LogP contribution in [0.15, 0.2) is 0 Å². The van der Waals surface area contributed by atoms with Crippen molar-refractivity contribution in [2.24, 2.45) is 10.8 Å². The zero-order valence-corrected chi connectivity index (χ0v) is 28.5. The van der Waals surface area contributed by atoms with Gasteiger partial charge in [0.1, 0.15) is 0 Å². The van der Waals surface area contributed by atoms with Crippen LogP contribution >= 0.6 is 0 Å². The van der Waals surface area contributed by atoms with Crippen LogP contribution in [0, 0.1) is 10.8 Å². The van der Waals surface area contributed by atoms with Crippen molar-refractivity contribution >= 4 is 11.8 Å². The van der Waals surface area contributed by atoms with E-state index in [9.17, 15) is 9.59 Å². The van der Waals surface area contributed by atoms with Gasteiger partial charge in [0.15, 0.2) is 0 Å². The van der Waals surface area contributed by atoms with Crippen LogP contribution in [0.3, 0.4) is 0 Å². The second kappa shape index (κ2) is 27.0. The molecule has 0 aromatic rings. The van der Waals surface area contributed by atoms with E-state index in [1.807, 2.05) is 0 Å². The highest BCUT2D eigenvalue weighted by Gasteiger charge is 2.17. The van der Waals surface area contributed by atoms with Gasteiger partial charge in [0.05, 0.1) is 72.1 Å². The summed E-state index contributed by atoms with van der Waals surface area (Å²) < 4.78 is 33.1. The maximum Gasteiger partial charge on any atom is 0.237 e. The fraction of sp³-hybridized carbons (Fsp3) is 0.938. The zero-order chi connectivity index (χ0) is 32.2. The summed E-state index contributed by atoms with van der Waals surface area (Å²) in [7, 11) is 1.71. The molecule has 11 nitrogen and oxygen atoms in total. The second-order valence-electron chi connectivity index (χ2n) is 13.0. The Hall–Kier alpha value is -1.34. The molecule has 0 saturated heterocycles. The quantitative estimate of drug-likeness (QED) is 0.108. The molecule has 43 heavy (non-hydrogen) atoms. The van der Waals surface area contributed by atoms with Gasteiger partial charge in [-0.3, -0.25) is 9.59 Å². The van der Waals surface area contributed by atoms with Gasteiger partial charge in [0, 0.05) is 32.7 Å². The fourth-order valence-corrected chi connectivity index (χ4v) is 3.90. The van der Waals surface area contributed by atoms with E-state index in [1.54, 1.807) is 7.05 Å². The van der Waals surface area contributed by atoms with Crippen molar-refractivity contribution in [2.45, 2.75) is 86.1 Å². The van der Waals surface area contributed by atoms with Crippen molar-refractivity contribution in [1.29, 1.82) is 0 Å². The van der Waals surface area contributed by atoms with Crippen LogP contribution in [0.2, 0.25) is 0 Å². The summed E-state index contributed by atoms with van der Waals surface area (Å²) in [5.74, 6) is -0.271. The zero-order valence-electron chi connectivity index (χ0n) is 28.5. The normalized spacial score (nSPS) is 12.8. The summed E-state index contributed by atoms with van der Waals surface area (Å²) in [5.41, 5.74) is 0.688. The van der Waals surface area contributed by atoms with Gasteiger partial charge in [0.2, 0.25) is 11.8 Å². The lowest BCUT2D eigenvalue weighted by molar-refractivity contribution is -0.124. The molecule has 0 aliphatic heterocycles. The van der Waals surface area contributed by atoms with E-state index in [0.717, 1.165) is 38.9 Å². The third-order valence-electron chi connectivity index (χ3n) is 6.36. The minimum Gasteiger partial charge on any atom is -0.379 e. The van der Waals surface area contributed by atoms with Crippen molar-refractivity contribution in [3.63, 3.8) is 0 Å². The highest BCUT2D eigenvalue weighted by molar-refractivity contribution is 5.83. The number of carbonyl (C=O) groups excluding carboxylic acids is 2. The summed E-state index contributed by atoms with van der Waals surface area (Å²) in [6, 6.07) is -0.451. The number of rotatable bonds is 29. The number of hydrogen-bond donors (Lipinski definition) is 3. The molecule has 256 valence electrons. The second-order valence-corrected chi connectivity index (χ2v) is 13.0. The first-order valence-corrected chi connectivity index (χ1v) is 16.1. The van der Waals surface area contributed by atoms with Crippen molar-refractivity contribution in [2.75, 3.05) is 99.4 Å². The number of carbonyl (C=O) groups is 2. The van der Waals surface area contributed by atoms with E-state index in [4.69, 9.17) is 28.4 Å². The topological polar surface area (TPSA) is 126 Å². The van der Waals surface area contributed by atoms with Crippen molar-refractivity contribution in [3.8, 4) is 0 Å². The third-order valence-corrected chi connectivity index (χ3v) is 6.36. The number of amides is 2. The average Bonchev–Trinajstić information content (AvgIpc) is 2.92. The first-order chi connectivity index (χ1) is 20.4. The Morgan fingerprint density at radius 1 is 0.558 bits per heavy atom. The van der Waals surface area contributed by atoms with Gasteiger partial charge in [-0.15, -0.1) is 0 Å². The molecule has 0 aromatic carbocycles. The van der Waals surface area contributed by atoms with Gasteiger partial charge >= 0.3 is 0 Å². The largest absolute Gasteiger partial charge is 0.379 e.